The number of thiophene rings is 1. The largest absolute Gasteiger partial charge is 0.468 e. The lowest BCUT2D eigenvalue weighted by molar-refractivity contribution is -0.384. The summed E-state index contributed by atoms with van der Waals surface area (Å²) in [5.74, 6) is -1.45. The summed E-state index contributed by atoms with van der Waals surface area (Å²) in [7, 11) is -2.34. The topological polar surface area (TPSA) is 141 Å². The first-order chi connectivity index (χ1) is 16.2. The van der Waals surface area contributed by atoms with Crippen molar-refractivity contribution in [1.29, 1.82) is 0 Å². The maximum Gasteiger partial charge on any atom is 0.325 e. The summed E-state index contributed by atoms with van der Waals surface area (Å²) in [6.45, 7) is 0.192. The number of piperidine rings is 1. The Labute approximate surface area is 202 Å². The third-order valence-corrected chi connectivity index (χ3v) is 9.80. The highest BCUT2D eigenvalue weighted by Crippen LogP contribution is 2.27. The van der Waals surface area contributed by atoms with Crippen molar-refractivity contribution in [2.24, 2.45) is 10.9 Å². The number of ether oxygens (including phenoxy) is 1. The molecule has 0 saturated carbocycles. The molecule has 11 nitrogen and oxygen atoms in total. The number of methoxy groups -OCH3 is 1. The number of benzene rings is 1. The van der Waals surface area contributed by atoms with Crippen molar-refractivity contribution >= 4 is 60.5 Å². The van der Waals surface area contributed by atoms with Crippen molar-refractivity contribution in [1.82, 2.24) is 8.87 Å². The fourth-order valence-corrected chi connectivity index (χ4v) is 7.36. The van der Waals surface area contributed by atoms with Crippen LogP contribution in [0.1, 0.15) is 12.8 Å². The number of aromatic nitrogens is 1. The van der Waals surface area contributed by atoms with Crippen LogP contribution in [0, 0.1) is 16.0 Å². The lowest BCUT2D eigenvalue weighted by Crippen LogP contribution is -2.40. The van der Waals surface area contributed by atoms with Crippen LogP contribution in [-0.4, -0.2) is 54.3 Å². The number of carbonyl (C=O) groups excluding carboxylic acids is 2. The maximum absolute atomic E-state index is 12.9. The van der Waals surface area contributed by atoms with Crippen molar-refractivity contribution in [3.8, 4) is 0 Å². The highest BCUT2D eigenvalue weighted by molar-refractivity contribution is 7.91. The standard InChI is InChI=1S/C20H20N4O7S3/c1-31-17(25)12-23-15-5-4-14(24(27)28)11-16(15)33-20(23)21-19(26)13-6-8-22(9-7-13)34(29,30)18-3-2-10-32-18/h2-5,10-11,13H,6-9,12H2,1H3. The van der Waals surface area contributed by atoms with E-state index in [2.05, 4.69) is 4.99 Å². The fraction of sp³-hybridized carbons (Fsp3) is 0.350. The molecule has 0 bridgehead atoms. The van der Waals surface area contributed by atoms with Gasteiger partial charge in [0.1, 0.15) is 10.8 Å². The molecule has 3 heterocycles. The predicted molar refractivity (Wildman–Crippen MR) is 125 cm³/mol. The Bertz CT molecular complexity index is 1420. The summed E-state index contributed by atoms with van der Waals surface area (Å²) in [6.07, 6.45) is 0.639. The van der Waals surface area contributed by atoms with E-state index in [4.69, 9.17) is 4.74 Å². The number of carbonyl (C=O) groups is 2. The monoisotopic (exact) mass is 524 g/mol. The van der Waals surface area contributed by atoms with Crippen molar-refractivity contribution in [2.45, 2.75) is 23.6 Å². The summed E-state index contributed by atoms with van der Waals surface area (Å²) in [6, 6.07) is 7.42. The highest BCUT2D eigenvalue weighted by Gasteiger charge is 2.32. The van der Waals surface area contributed by atoms with E-state index in [0.29, 0.717) is 23.1 Å². The van der Waals surface area contributed by atoms with Crippen LogP contribution in [0.15, 0.2) is 44.9 Å². The number of fused-ring (bicyclic) bond motifs is 1. The summed E-state index contributed by atoms with van der Waals surface area (Å²) in [4.78, 5) is 39.9. The average molecular weight is 525 g/mol. The number of amides is 1. The second kappa shape index (κ2) is 9.74. The summed E-state index contributed by atoms with van der Waals surface area (Å²) >= 11 is 2.21. The first kappa shape index (κ1) is 24.2. The van der Waals surface area contributed by atoms with Gasteiger partial charge < -0.3 is 9.30 Å². The van der Waals surface area contributed by atoms with E-state index in [9.17, 15) is 28.1 Å². The Morgan fingerprint density at radius 1 is 1.26 bits per heavy atom. The van der Waals surface area contributed by atoms with Crippen LogP contribution in [0.25, 0.3) is 10.2 Å². The molecular formula is C20H20N4O7S3. The number of esters is 1. The average Bonchev–Trinajstić information content (AvgIpc) is 3.48. The van der Waals surface area contributed by atoms with E-state index in [1.54, 1.807) is 17.5 Å². The van der Waals surface area contributed by atoms with Gasteiger partial charge in [-0.1, -0.05) is 17.4 Å². The number of sulfonamides is 1. The van der Waals surface area contributed by atoms with Gasteiger partial charge in [-0.15, -0.1) is 11.3 Å². The molecule has 1 aliphatic rings. The second-order valence-electron chi connectivity index (χ2n) is 7.52. The molecule has 0 unspecified atom stereocenters. The van der Waals surface area contributed by atoms with Crippen LogP contribution in [0.3, 0.4) is 0 Å². The molecule has 180 valence electrons. The van der Waals surface area contributed by atoms with Gasteiger partial charge in [-0.25, -0.2) is 8.42 Å². The van der Waals surface area contributed by atoms with Gasteiger partial charge in [-0.05, 0) is 30.4 Å². The normalized spacial score (nSPS) is 16.1. The lowest BCUT2D eigenvalue weighted by Gasteiger charge is -2.29. The van der Waals surface area contributed by atoms with Gasteiger partial charge >= 0.3 is 5.97 Å². The van der Waals surface area contributed by atoms with Gasteiger partial charge in [-0.2, -0.15) is 9.30 Å². The number of hydrogen-bond donors (Lipinski definition) is 0. The molecule has 1 aromatic carbocycles. The summed E-state index contributed by atoms with van der Waals surface area (Å²) < 4.78 is 33.8. The summed E-state index contributed by atoms with van der Waals surface area (Å²) in [5.41, 5.74) is 0.403. The smallest absolute Gasteiger partial charge is 0.325 e. The Hall–Kier alpha value is -2.94. The molecule has 0 atom stereocenters. The number of rotatable bonds is 6. The molecule has 0 aliphatic carbocycles. The van der Waals surface area contributed by atoms with Gasteiger partial charge in [0.2, 0.25) is 0 Å². The molecule has 1 saturated heterocycles. The minimum atomic E-state index is -3.58. The Morgan fingerprint density at radius 3 is 2.62 bits per heavy atom. The van der Waals surface area contributed by atoms with Gasteiger partial charge in [0.25, 0.3) is 21.6 Å². The number of nitro benzene ring substituents is 1. The number of nitrogens with zero attached hydrogens (tertiary/aromatic N) is 4. The Morgan fingerprint density at radius 2 is 2.00 bits per heavy atom. The molecule has 4 rings (SSSR count). The van der Waals surface area contributed by atoms with Gasteiger partial charge in [0.15, 0.2) is 4.80 Å². The predicted octanol–water partition coefficient (Wildman–Crippen LogP) is 2.37. The molecule has 34 heavy (non-hydrogen) atoms. The first-order valence-corrected chi connectivity index (χ1v) is 13.3. The summed E-state index contributed by atoms with van der Waals surface area (Å²) in [5, 5.41) is 12.8. The molecule has 14 heteroatoms. The molecule has 2 aromatic heterocycles. The first-order valence-electron chi connectivity index (χ1n) is 10.2. The Balaban J connectivity index is 1.59. The zero-order chi connectivity index (χ0) is 24.5. The quantitative estimate of drug-likeness (QED) is 0.274. The van der Waals surface area contributed by atoms with Crippen LogP contribution >= 0.6 is 22.7 Å². The molecule has 0 spiro atoms. The van der Waals surface area contributed by atoms with Crippen LogP contribution in [0.5, 0.6) is 0 Å². The number of hydrogen-bond acceptors (Lipinski definition) is 9. The van der Waals surface area contributed by atoms with Gasteiger partial charge in [0.05, 0.1) is 22.2 Å². The van der Waals surface area contributed by atoms with Crippen molar-refractivity contribution in [3.63, 3.8) is 0 Å². The molecule has 3 aromatic rings. The molecule has 1 amide bonds. The highest BCUT2D eigenvalue weighted by atomic mass is 32.2. The van der Waals surface area contributed by atoms with E-state index < -0.39 is 32.7 Å². The minimum absolute atomic E-state index is 0.115. The van der Waals surface area contributed by atoms with E-state index in [-0.39, 0.29) is 34.3 Å². The molecular weight excluding hydrogens is 504 g/mol. The number of nitro groups is 1. The van der Waals surface area contributed by atoms with E-state index >= 15 is 0 Å². The SMILES string of the molecule is COC(=O)Cn1c(=NC(=O)C2CCN(S(=O)(=O)c3cccs3)CC2)sc2cc([N+](=O)[O-])ccc21. The maximum atomic E-state index is 12.9. The van der Waals surface area contributed by atoms with E-state index in [1.807, 2.05) is 0 Å². The van der Waals surface area contributed by atoms with Crippen molar-refractivity contribution < 1.29 is 27.7 Å². The van der Waals surface area contributed by atoms with Crippen LogP contribution < -0.4 is 4.80 Å². The lowest BCUT2D eigenvalue weighted by atomic mass is 9.98. The second-order valence-corrected chi connectivity index (χ2v) is 11.6. The van der Waals surface area contributed by atoms with E-state index in [0.717, 1.165) is 22.7 Å². The van der Waals surface area contributed by atoms with Crippen LogP contribution in [0.4, 0.5) is 5.69 Å². The zero-order valence-corrected chi connectivity index (χ0v) is 20.4. The van der Waals surface area contributed by atoms with E-state index in [1.165, 1.54) is 34.2 Å². The minimum Gasteiger partial charge on any atom is -0.468 e. The van der Waals surface area contributed by atoms with Gasteiger partial charge in [0, 0.05) is 31.1 Å². The van der Waals surface area contributed by atoms with Crippen LogP contribution in [0.2, 0.25) is 0 Å². The number of thiazole rings is 1. The zero-order valence-electron chi connectivity index (χ0n) is 17.9. The molecule has 0 radical (unpaired) electrons. The van der Waals surface area contributed by atoms with Crippen molar-refractivity contribution in [3.05, 3.63) is 50.6 Å². The number of non-ortho nitro benzene ring substituents is 1. The van der Waals surface area contributed by atoms with Gasteiger partial charge in [-0.3, -0.25) is 19.7 Å². The Kier molecular flexibility index (Phi) is 6.93. The van der Waals surface area contributed by atoms with Crippen LogP contribution in [-0.2, 0) is 30.9 Å². The molecule has 1 aliphatic heterocycles. The van der Waals surface area contributed by atoms with Crippen molar-refractivity contribution in [2.75, 3.05) is 20.2 Å². The molecule has 0 N–H and O–H groups in total. The fourth-order valence-electron chi connectivity index (χ4n) is 3.67. The third kappa shape index (κ3) is 4.80. The molecule has 1 fully saturated rings. The third-order valence-electron chi connectivity index (χ3n) is 5.49.